The summed E-state index contributed by atoms with van der Waals surface area (Å²) < 4.78 is 16.3. The Morgan fingerprint density at radius 2 is 1.79 bits per heavy atom. The second-order valence-corrected chi connectivity index (χ2v) is 6.31. The summed E-state index contributed by atoms with van der Waals surface area (Å²) in [7, 11) is 1.63. The van der Waals surface area contributed by atoms with Gasteiger partial charge in [0.05, 0.1) is 26.9 Å². The van der Waals surface area contributed by atoms with E-state index in [1.807, 2.05) is 24.3 Å². The van der Waals surface area contributed by atoms with Gasteiger partial charge in [-0.15, -0.1) is 0 Å². The standard InChI is InChI=1S/C18H30N2O4/c1-3-19-7-9-20(10-8-19)14-16(21)15-23-11-12-24-18-6-4-5-17(13-18)22-2/h4-6,13,16,21H,3,7-12,14-15H2,1-2H3/p+2/t16-/m1/s1. The van der Waals surface area contributed by atoms with Gasteiger partial charge >= 0.3 is 0 Å². The van der Waals surface area contributed by atoms with Gasteiger partial charge in [-0.05, 0) is 19.1 Å². The SMILES string of the molecule is CC[NH+]1CC[NH+](C[C@@H](O)COCCOc2cccc(OC)c2)CC1. The number of benzene rings is 1. The second-order valence-electron chi connectivity index (χ2n) is 6.31. The molecule has 3 N–H and O–H groups in total. The Labute approximate surface area is 144 Å². The molecule has 0 aliphatic carbocycles. The van der Waals surface area contributed by atoms with Crippen molar-refractivity contribution >= 4 is 0 Å². The molecule has 1 fully saturated rings. The second kappa shape index (κ2) is 10.5. The van der Waals surface area contributed by atoms with Crippen LogP contribution >= 0.6 is 0 Å². The highest BCUT2D eigenvalue weighted by molar-refractivity contribution is 5.32. The number of aliphatic hydroxyl groups is 1. The first-order chi connectivity index (χ1) is 11.7. The Balaban J connectivity index is 1.54. The monoisotopic (exact) mass is 340 g/mol. The first-order valence-electron chi connectivity index (χ1n) is 8.91. The molecule has 0 aromatic heterocycles. The van der Waals surface area contributed by atoms with Crippen LogP contribution in [0.15, 0.2) is 24.3 Å². The molecular weight excluding hydrogens is 308 g/mol. The van der Waals surface area contributed by atoms with Crippen molar-refractivity contribution in [1.29, 1.82) is 0 Å². The smallest absolute Gasteiger partial charge is 0.127 e. The molecule has 6 heteroatoms. The van der Waals surface area contributed by atoms with Crippen molar-refractivity contribution < 1.29 is 29.1 Å². The molecule has 136 valence electrons. The van der Waals surface area contributed by atoms with Crippen molar-refractivity contribution in [1.82, 2.24) is 0 Å². The number of nitrogens with one attached hydrogen (secondary N) is 2. The van der Waals surface area contributed by atoms with Crippen LogP contribution in [-0.2, 0) is 4.74 Å². The summed E-state index contributed by atoms with van der Waals surface area (Å²) in [5.41, 5.74) is 0. The summed E-state index contributed by atoms with van der Waals surface area (Å²) in [6.07, 6.45) is -0.403. The average molecular weight is 340 g/mol. The average Bonchev–Trinajstić information content (AvgIpc) is 2.62. The van der Waals surface area contributed by atoms with Crippen molar-refractivity contribution in [3.05, 3.63) is 24.3 Å². The van der Waals surface area contributed by atoms with Crippen LogP contribution in [0.1, 0.15) is 6.92 Å². The highest BCUT2D eigenvalue weighted by atomic mass is 16.5. The van der Waals surface area contributed by atoms with Crippen molar-refractivity contribution in [3.63, 3.8) is 0 Å². The lowest BCUT2D eigenvalue weighted by Gasteiger charge is -2.30. The first kappa shape index (κ1) is 19.0. The largest absolute Gasteiger partial charge is 0.497 e. The third-order valence-corrected chi connectivity index (χ3v) is 4.54. The number of likely N-dealkylation sites (N-methyl/N-ethyl adjacent to an activating group) is 1. The molecule has 0 radical (unpaired) electrons. The molecule has 1 aromatic carbocycles. The minimum Gasteiger partial charge on any atom is -0.497 e. The van der Waals surface area contributed by atoms with Gasteiger partial charge in [-0.1, -0.05) is 6.07 Å². The molecular formula is C18H32N2O4+2. The Kier molecular flexibility index (Phi) is 8.32. The van der Waals surface area contributed by atoms with E-state index in [0.29, 0.717) is 19.8 Å². The van der Waals surface area contributed by atoms with Crippen LogP contribution in [0.3, 0.4) is 0 Å². The molecule has 1 atom stereocenters. The lowest BCUT2D eigenvalue weighted by Crippen LogP contribution is -3.28. The predicted octanol–water partition coefficient (Wildman–Crippen LogP) is -1.75. The van der Waals surface area contributed by atoms with E-state index in [1.54, 1.807) is 12.0 Å². The fourth-order valence-corrected chi connectivity index (χ4v) is 3.04. The van der Waals surface area contributed by atoms with Gasteiger partial charge in [-0.3, -0.25) is 0 Å². The van der Waals surface area contributed by atoms with Crippen molar-refractivity contribution in [2.24, 2.45) is 0 Å². The van der Waals surface area contributed by atoms with E-state index in [4.69, 9.17) is 14.2 Å². The minimum absolute atomic E-state index is 0.370. The van der Waals surface area contributed by atoms with Crippen LogP contribution in [0.25, 0.3) is 0 Å². The summed E-state index contributed by atoms with van der Waals surface area (Å²) in [4.78, 5) is 3.15. The zero-order chi connectivity index (χ0) is 17.2. The molecule has 0 amide bonds. The van der Waals surface area contributed by atoms with Gasteiger partial charge < -0.3 is 29.1 Å². The molecule has 6 nitrogen and oxygen atoms in total. The van der Waals surface area contributed by atoms with E-state index in [0.717, 1.165) is 31.1 Å². The van der Waals surface area contributed by atoms with Gasteiger partial charge in [-0.25, -0.2) is 0 Å². The molecule has 1 aliphatic heterocycles. The quantitative estimate of drug-likeness (QED) is 0.443. The van der Waals surface area contributed by atoms with Crippen LogP contribution in [0, 0.1) is 0 Å². The van der Waals surface area contributed by atoms with E-state index in [-0.39, 0.29) is 0 Å². The highest BCUT2D eigenvalue weighted by Crippen LogP contribution is 2.18. The summed E-state index contributed by atoms with van der Waals surface area (Å²) in [6, 6.07) is 7.50. The van der Waals surface area contributed by atoms with Gasteiger partial charge in [0.1, 0.15) is 56.9 Å². The zero-order valence-corrected chi connectivity index (χ0v) is 14.9. The Morgan fingerprint density at radius 1 is 1.08 bits per heavy atom. The Hall–Kier alpha value is -1.34. The third kappa shape index (κ3) is 6.65. The van der Waals surface area contributed by atoms with Gasteiger partial charge in [0, 0.05) is 6.07 Å². The lowest BCUT2D eigenvalue weighted by atomic mass is 10.2. The van der Waals surface area contributed by atoms with Crippen molar-refractivity contribution in [2.75, 3.05) is 66.2 Å². The molecule has 0 saturated carbocycles. The molecule has 0 spiro atoms. The van der Waals surface area contributed by atoms with Crippen LogP contribution in [0.4, 0.5) is 0 Å². The van der Waals surface area contributed by atoms with Gasteiger partial charge in [0.15, 0.2) is 0 Å². The lowest BCUT2D eigenvalue weighted by molar-refractivity contribution is -1.01. The fraction of sp³-hybridized carbons (Fsp3) is 0.667. The van der Waals surface area contributed by atoms with Gasteiger partial charge in [-0.2, -0.15) is 0 Å². The fourth-order valence-electron chi connectivity index (χ4n) is 3.04. The third-order valence-electron chi connectivity index (χ3n) is 4.54. The molecule has 1 saturated heterocycles. The van der Waals surface area contributed by atoms with Gasteiger partial charge in [0.25, 0.3) is 0 Å². The maximum atomic E-state index is 10.1. The van der Waals surface area contributed by atoms with Crippen molar-refractivity contribution in [2.45, 2.75) is 13.0 Å². The van der Waals surface area contributed by atoms with E-state index in [2.05, 4.69) is 6.92 Å². The van der Waals surface area contributed by atoms with Crippen LogP contribution in [-0.4, -0.2) is 77.4 Å². The summed E-state index contributed by atoms with van der Waals surface area (Å²) in [5.74, 6) is 1.54. The van der Waals surface area contributed by atoms with Crippen LogP contribution in [0.5, 0.6) is 11.5 Å². The number of quaternary nitrogens is 2. The summed E-state index contributed by atoms with van der Waals surface area (Å²) >= 11 is 0. The molecule has 2 rings (SSSR count). The highest BCUT2D eigenvalue weighted by Gasteiger charge is 2.23. The topological polar surface area (TPSA) is 56.8 Å². The Morgan fingerprint density at radius 3 is 2.50 bits per heavy atom. The van der Waals surface area contributed by atoms with Crippen molar-refractivity contribution in [3.8, 4) is 11.5 Å². The maximum absolute atomic E-state index is 10.1. The first-order valence-corrected chi connectivity index (χ1v) is 8.91. The number of aliphatic hydroxyl groups excluding tert-OH is 1. The van der Waals surface area contributed by atoms with Gasteiger partial charge in [0.2, 0.25) is 0 Å². The number of hydrogen-bond acceptors (Lipinski definition) is 4. The molecule has 1 aromatic rings. The van der Waals surface area contributed by atoms with E-state index < -0.39 is 6.10 Å². The predicted molar refractivity (Wildman–Crippen MR) is 92.1 cm³/mol. The normalized spacial score (nSPS) is 22.1. The zero-order valence-electron chi connectivity index (χ0n) is 14.9. The van der Waals surface area contributed by atoms with E-state index in [9.17, 15) is 5.11 Å². The molecule has 0 bridgehead atoms. The number of methoxy groups -OCH3 is 1. The molecule has 1 heterocycles. The molecule has 24 heavy (non-hydrogen) atoms. The molecule has 1 aliphatic rings. The van der Waals surface area contributed by atoms with Crippen LogP contribution in [0.2, 0.25) is 0 Å². The van der Waals surface area contributed by atoms with Crippen LogP contribution < -0.4 is 19.3 Å². The van der Waals surface area contributed by atoms with E-state index >= 15 is 0 Å². The Bertz CT molecular complexity index is 464. The number of hydrogen-bond donors (Lipinski definition) is 3. The maximum Gasteiger partial charge on any atom is 0.127 e. The summed E-state index contributed by atoms with van der Waals surface area (Å²) in [6.45, 7) is 10.2. The minimum atomic E-state index is -0.403. The van der Waals surface area contributed by atoms with E-state index in [1.165, 1.54) is 24.5 Å². The number of piperazine rings is 1. The number of ether oxygens (including phenoxy) is 3. The molecule has 0 unspecified atom stereocenters. The summed E-state index contributed by atoms with van der Waals surface area (Å²) in [5, 5.41) is 10.1. The number of rotatable bonds is 10.